The summed E-state index contributed by atoms with van der Waals surface area (Å²) in [7, 11) is 0. The summed E-state index contributed by atoms with van der Waals surface area (Å²) < 4.78 is 5.92. The van der Waals surface area contributed by atoms with E-state index in [1.165, 1.54) is 16.7 Å². The van der Waals surface area contributed by atoms with Crippen LogP contribution in [0.5, 0.6) is 5.75 Å². The third-order valence-corrected chi connectivity index (χ3v) is 4.03. The van der Waals surface area contributed by atoms with Crippen molar-refractivity contribution in [2.45, 2.75) is 39.3 Å². The van der Waals surface area contributed by atoms with Crippen LogP contribution >= 0.6 is 0 Å². The van der Waals surface area contributed by atoms with E-state index in [0.717, 1.165) is 37.4 Å². The third-order valence-electron chi connectivity index (χ3n) is 4.03. The molecule has 3 rings (SSSR count). The quantitative estimate of drug-likeness (QED) is 0.932. The minimum atomic E-state index is 0.351. The Morgan fingerprint density at radius 2 is 2.14 bits per heavy atom. The van der Waals surface area contributed by atoms with Crippen LogP contribution in [0.25, 0.3) is 0 Å². The summed E-state index contributed by atoms with van der Waals surface area (Å²) in [5.41, 5.74) is 4.79. The molecular formula is C18H22N2O. The van der Waals surface area contributed by atoms with E-state index in [0.29, 0.717) is 6.04 Å². The Bertz CT molecular complexity index is 607. The van der Waals surface area contributed by atoms with Gasteiger partial charge in [-0.05, 0) is 43.9 Å². The normalized spacial score (nSPS) is 17.7. The standard InChI is InChI=1S/C18H22N2O/c1-13-5-3-6-16-17(7-4-10-21-18(13)16)20-12-15-9-8-14(2)19-11-15/h3,5-6,8-9,11,17,20H,4,7,10,12H2,1-2H3. The Balaban J connectivity index is 1.76. The maximum atomic E-state index is 5.92. The number of benzene rings is 1. The van der Waals surface area contributed by atoms with Gasteiger partial charge in [0.1, 0.15) is 5.75 Å². The third kappa shape index (κ3) is 3.24. The number of pyridine rings is 1. The van der Waals surface area contributed by atoms with Crippen LogP contribution in [-0.4, -0.2) is 11.6 Å². The summed E-state index contributed by atoms with van der Waals surface area (Å²) in [6.07, 6.45) is 4.14. The van der Waals surface area contributed by atoms with Crippen LogP contribution in [0.15, 0.2) is 36.5 Å². The lowest BCUT2D eigenvalue weighted by atomic mass is 9.99. The molecule has 1 unspecified atom stereocenters. The molecular weight excluding hydrogens is 260 g/mol. The minimum Gasteiger partial charge on any atom is -0.493 e. The van der Waals surface area contributed by atoms with E-state index in [2.05, 4.69) is 47.6 Å². The van der Waals surface area contributed by atoms with Gasteiger partial charge in [-0.1, -0.05) is 24.3 Å². The van der Waals surface area contributed by atoms with Crippen LogP contribution < -0.4 is 10.1 Å². The fraction of sp³-hybridized carbons (Fsp3) is 0.389. The highest BCUT2D eigenvalue weighted by Gasteiger charge is 2.20. The van der Waals surface area contributed by atoms with Crippen molar-refractivity contribution in [3.8, 4) is 5.75 Å². The van der Waals surface area contributed by atoms with Crippen molar-refractivity contribution in [1.29, 1.82) is 0 Å². The topological polar surface area (TPSA) is 34.1 Å². The first-order chi connectivity index (χ1) is 10.2. The van der Waals surface area contributed by atoms with Gasteiger partial charge in [-0.25, -0.2) is 0 Å². The Kier molecular flexibility index (Phi) is 4.20. The van der Waals surface area contributed by atoms with E-state index >= 15 is 0 Å². The second kappa shape index (κ2) is 6.27. The molecule has 0 amide bonds. The SMILES string of the molecule is Cc1ccc(CNC2CCCOc3c(C)cccc32)cn1. The molecule has 0 aliphatic carbocycles. The molecule has 3 heteroatoms. The number of hydrogen-bond donors (Lipinski definition) is 1. The monoisotopic (exact) mass is 282 g/mol. The molecule has 0 spiro atoms. The van der Waals surface area contributed by atoms with Crippen LogP contribution in [0, 0.1) is 13.8 Å². The van der Waals surface area contributed by atoms with Crippen LogP contribution in [-0.2, 0) is 6.54 Å². The molecule has 1 aromatic carbocycles. The molecule has 21 heavy (non-hydrogen) atoms. The lowest BCUT2D eigenvalue weighted by Gasteiger charge is -2.19. The van der Waals surface area contributed by atoms with Gasteiger partial charge in [-0.2, -0.15) is 0 Å². The fourth-order valence-electron chi connectivity index (χ4n) is 2.82. The zero-order valence-electron chi connectivity index (χ0n) is 12.7. The maximum Gasteiger partial charge on any atom is 0.126 e. The summed E-state index contributed by atoms with van der Waals surface area (Å²) >= 11 is 0. The van der Waals surface area contributed by atoms with Gasteiger partial charge in [0.15, 0.2) is 0 Å². The molecule has 0 fully saturated rings. The Hall–Kier alpha value is -1.87. The number of rotatable bonds is 3. The van der Waals surface area contributed by atoms with Gasteiger partial charge < -0.3 is 10.1 Å². The predicted octanol–water partition coefficient (Wildman–Crippen LogP) is 3.70. The molecule has 1 atom stereocenters. The van der Waals surface area contributed by atoms with Gasteiger partial charge in [0.25, 0.3) is 0 Å². The molecule has 2 heterocycles. The van der Waals surface area contributed by atoms with E-state index in [-0.39, 0.29) is 0 Å². The van der Waals surface area contributed by atoms with Gasteiger partial charge >= 0.3 is 0 Å². The number of hydrogen-bond acceptors (Lipinski definition) is 3. The van der Waals surface area contributed by atoms with E-state index in [4.69, 9.17) is 4.74 Å². The average Bonchev–Trinajstić information content (AvgIpc) is 2.70. The fourth-order valence-corrected chi connectivity index (χ4v) is 2.82. The van der Waals surface area contributed by atoms with E-state index in [1.807, 2.05) is 13.1 Å². The van der Waals surface area contributed by atoms with Crippen LogP contribution in [0.3, 0.4) is 0 Å². The Morgan fingerprint density at radius 1 is 1.24 bits per heavy atom. The number of nitrogens with zero attached hydrogens (tertiary/aromatic N) is 1. The highest BCUT2D eigenvalue weighted by molar-refractivity contribution is 5.43. The zero-order chi connectivity index (χ0) is 14.7. The molecule has 110 valence electrons. The van der Waals surface area contributed by atoms with Crippen LogP contribution in [0.4, 0.5) is 0 Å². The van der Waals surface area contributed by atoms with Gasteiger partial charge in [0, 0.05) is 30.0 Å². The van der Waals surface area contributed by atoms with Crippen LogP contribution in [0.2, 0.25) is 0 Å². The molecule has 1 aromatic heterocycles. The van der Waals surface area contributed by atoms with Gasteiger partial charge in [-0.15, -0.1) is 0 Å². The second-order valence-corrected chi connectivity index (χ2v) is 5.73. The molecule has 3 nitrogen and oxygen atoms in total. The molecule has 1 aliphatic rings. The van der Waals surface area contributed by atoms with Gasteiger partial charge in [0.05, 0.1) is 6.61 Å². The number of nitrogens with one attached hydrogen (secondary N) is 1. The molecule has 2 aromatic rings. The Morgan fingerprint density at radius 3 is 2.95 bits per heavy atom. The summed E-state index contributed by atoms with van der Waals surface area (Å²) in [6, 6.07) is 11.0. The summed E-state index contributed by atoms with van der Waals surface area (Å²) in [4.78, 5) is 4.36. The van der Waals surface area contributed by atoms with E-state index in [9.17, 15) is 0 Å². The number of ether oxygens (including phenoxy) is 1. The zero-order valence-corrected chi connectivity index (χ0v) is 12.7. The van der Waals surface area contributed by atoms with Crippen molar-refractivity contribution in [2.75, 3.05) is 6.61 Å². The summed E-state index contributed by atoms with van der Waals surface area (Å²) in [5, 5.41) is 3.66. The average molecular weight is 282 g/mol. The van der Waals surface area contributed by atoms with Crippen molar-refractivity contribution in [1.82, 2.24) is 10.3 Å². The second-order valence-electron chi connectivity index (χ2n) is 5.73. The minimum absolute atomic E-state index is 0.351. The van der Waals surface area contributed by atoms with Crippen molar-refractivity contribution in [3.05, 3.63) is 58.9 Å². The summed E-state index contributed by atoms with van der Waals surface area (Å²) in [5.74, 6) is 1.06. The molecule has 1 aliphatic heterocycles. The smallest absolute Gasteiger partial charge is 0.126 e. The molecule has 1 N–H and O–H groups in total. The molecule has 0 bridgehead atoms. The highest BCUT2D eigenvalue weighted by Crippen LogP contribution is 2.34. The molecule has 0 saturated carbocycles. The highest BCUT2D eigenvalue weighted by atomic mass is 16.5. The predicted molar refractivity (Wildman–Crippen MR) is 84.5 cm³/mol. The van der Waals surface area contributed by atoms with Crippen LogP contribution in [0.1, 0.15) is 41.3 Å². The van der Waals surface area contributed by atoms with Gasteiger partial charge in [0.2, 0.25) is 0 Å². The van der Waals surface area contributed by atoms with Gasteiger partial charge in [-0.3, -0.25) is 4.98 Å². The number of para-hydroxylation sites is 1. The first-order valence-corrected chi connectivity index (χ1v) is 7.61. The Labute approximate surface area is 126 Å². The lowest BCUT2D eigenvalue weighted by molar-refractivity contribution is 0.313. The lowest BCUT2D eigenvalue weighted by Crippen LogP contribution is -2.20. The van der Waals surface area contributed by atoms with E-state index in [1.54, 1.807) is 0 Å². The number of aromatic nitrogens is 1. The first-order valence-electron chi connectivity index (χ1n) is 7.61. The van der Waals surface area contributed by atoms with E-state index < -0.39 is 0 Å². The maximum absolute atomic E-state index is 5.92. The first kappa shape index (κ1) is 14.1. The summed E-state index contributed by atoms with van der Waals surface area (Å²) in [6.45, 7) is 5.78. The van der Waals surface area contributed by atoms with Crippen molar-refractivity contribution >= 4 is 0 Å². The molecule has 0 saturated heterocycles. The van der Waals surface area contributed by atoms with Crippen molar-refractivity contribution in [2.24, 2.45) is 0 Å². The van der Waals surface area contributed by atoms with Crippen molar-refractivity contribution < 1.29 is 4.74 Å². The molecule has 0 radical (unpaired) electrons. The van der Waals surface area contributed by atoms with Crippen molar-refractivity contribution in [3.63, 3.8) is 0 Å². The number of fused-ring (bicyclic) bond motifs is 1. The largest absolute Gasteiger partial charge is 0.493 e. The number of aryl methyl sites for hydroxylation is 2.